The number of para-hydroxylation sites is 2. The van der Waals surface area contributed by atoms with E-state index in [4.69, 9.17) is 14.2 Å². The first-order valence-electron chi connectivity index (χ1n) is 10.4. The fourth-order valence-corrected chi connectivity index (χ4v) is 3.23. The lowest BCUT2D eigenvalue weighted by Gasteiger charge is -2.17. The van der Waals surface area contributed by atoms with Gasteiger partial charge in [0.1, 0.15) is 23.0 Å². The third-order valence-corrected chi connectivity index (χ3v) is 4.79. The number of nitriles is 2. The van der Waals surface area contributed by atoms with E-state index in [9.17, 15) is 10.5 Å². The molecule has 0 aliphatic rings. The van der Waals surface area contributed by atoms with E-state index in [1.165, 1.54) is 0 Å². The average molecular weight is 432 g/mol. The zero-order valence-electron chi connectivity index (χ0n) is 17.7. The van der Waals surface area contributed by atoms with Gasteiger partial charge in [0.2, 0.25) is 0 Å². The predicted molar refractivity (Wildman–Crippen MR) is 124 cm³/mol. The Morgan fingerprint density at radius 2 is 0.879 bits per heavy atom. The summed E-state index contributed by atoms with van der Waals surface area (Å²) in [6, 6.07) is 37.2. The van der Waals surface area contributed by atoms with Crippen LogP contribution in [0.15, 0.2) is 109 Å². The molecule has 33 heavy (non-hydrogen) atoms. The summed E-state index contributed by atoms with van der Waals surface area (Å²) in [5.41, 5.74) is 1.20. The van der Waals surface area contributed by atoms with Crippen LogP contribution >= 0.6 is 0 Å². The van der Waals surface area contributed by atoms with Crippen LogP contribution in [-0.2, 0) is 4.74 Å². The fourth-order valence-electron chi connectivity index (χ4n) is 3.23. The number of hydrogen-bond donors (Lipinski definition) is 0. The van der Waals surface area contributed by atoms with E-state index in [2.05, 4.69) is 12.1 Å². The van der Waals surface area contributed by atoms with Gasteiger partial charge in [-0.2, -0.15) is 10.5 Å². The lowest BCUT2D eigenvalue weighted by atomic mass is 10.1. The highest BCUT2D eigenvalue weighted by Crippen LogP contribution is 2.31. The maximum atomic E-state index is 9.75. The van der Waals surface area contributed by atoms with Gasteiger partial charge < -0.3 is 14.2 Å². The minimum atomic E-state index is -0.951. The van der Waals surface area contributed by atoms with Crippen LogP contribution in [0.2, 0.25) is 0 Å². The summed E-state index contributed by atoms with van der Waals surface area (Å²) in [6.07, 6.45) is -1.90. The van der Waals surface area contributed by atoms with Crippen LogP contribution in [0, 0.1) is 22.7 Å². The maximum absolute atomic E-state index is 9.75. The number of ether oxygens (including phenoxy) is 3. The Morgan fingerprint density at radius 3 is 1.27 bits per heavy atom. The first-order chi connectivity index (χ1) is 16.2. The van der Waals surface area contributed by atoms with E-state index >= 15 is 0 Å². The summed E-state index contributed by atoms with van der Waals surface area (Å²) >= 11 is 0. The van der Waals surface area contributed by atoms with Gasteiger partial charge >= 0.3 is 0 Å². The number of benzene rings is 4. The summed E-state index contributed by atoms with van der Waals surface area (Å²) < 4.78 is 17.6. The highest BCUT2D eigenvalue weighted by Gasteiger charge is 2.20. The van der Waals surface area contributed by atoms with Gasteiger partial charge in [-0.15, -0.1) is 0 Å². The highest BCUT2D eigenvalue weighted by molar-refractivity contribution is 5.38. The summed E-state index contributed by atoms with van der Waals surface area (Å²) in [7, 11) is 0. The van der Waals surface area contributed by atoms with Crippen LogP contribution in [0.25, 0.3) is 0 Å². The zero-order valence-corrected chi connectivity index (χ0v) is 17.7. The number of hydrogen-bond acceptors (Lipinski definition) is 5. The molecule has 0 spiro atoms. The Bertz CT molecular complexity index is 1180. The normalized spacial score (nSPS) is 12.1. The maximum Gasteiger partial charge on any atom is 0.171 e. The molecule has 2 unspecified atom stereocenters. The van der Waals surface area contributed by atoms with E-state index in [-0.39, 0.29) is 0 Å². The van der Waals surface area contributed by atoms with Gasteiger partial charge in [-0.3, -0.25) is 0 Å². The first-order valence-corrected chi connectivity index (χ1v) is 10.4. The van der Waals surface area contributed by atoms with Crippen LogP contribution in [0.3, 0.4) is 0 Å². The monoisotopic (exact) mass is 432 g/mol. The summed E-state index contributed by atoms with van der Waals surface area (Å²) in [4.78, 5) is 0. The molecule has 4 aromatic rings. The Kier molecular flexibility index (Phi) is 6.98. The summed E-state index contributed by atoms with van der Waals surface area (Å²) in [6.45, 7) is 0. The van der Waals surface area contributed by atoms with Gasteiger partial charge in [-0.1, -0.05) is 60.7 Å². The molecular formula is C28H20N2O3. The zero-order chi connectivity index (χ0) is 22.9. The standard InChI is InChI=1S/C28H20N2O3/c29-19-27(21-9-7-15-25(17-21)31-23-11-3-1-4-12-23)33-28(20-30)22-10-8-16-26(18-22)32-24-13-5-2-6-14-24/h1-18,27-28H. The third kappa shape index (κ3) is 5.77. The molecule has 0 heterocycles. The second-order valence-corrected chi connectivity index (χ2v) is 7.13. The molecule has 4 aromatic carbocycles. The molecular weight excluding hydrogens is 412 g/mol. The highest BCUT2D eigenvalue weighted by atomic mass is 16.5. The molecule has 2 atom stereocenters. The molecule has 0 fully saturated rings. The average Bonchev–Trinajstić information content (AvgIpc) is 2.86. The van der Waals surface area contributed by atoms with Crippen molar-refractivity contribution in [1.29, 1.82) is 10.5 Å². The van der Waals surface area contributed by atoms with E-state index in [1.54, 1.807) is 48.5 Å². The van der Waals surface area contributed by atoms with Crippen molar-refractivity contribution in [1.82, 2.24) is 0 Å². The van der Waals surface area contributed by atoms with Crippen molar-refractivity contribution in [2.75, 3.05) is 0 Å². The minimum absolute atomic E-state index is 0.578. The fraction of sp³-hybridized carbons (Fsp3) is 0.0714. The molecule has 160 valence electrons. The van der Waals surface area contributed by atoms with Gasteiger partial charge in [0.05, 0.1) is 12.1 Å². The van der Waals surface area contributed by atoms with Crippen LogP contribution < -0.4 is 9.47 Å². The van der Waals surface area contributed by atoms with Crippen molar-refractivity contribution in [2.45, 2.75) is 12.2 Å². The second kappa shape index (κ2) is 10.6. The quantitative estimate of drug-likeness (QED) is 0.296. The van der Waals surface area contributed by atoms with Crippen molar-refractivity contribution < 1.29 is 14.2 Å². The Hall–Kier alpha value is -4.58. The SMILES string of the molecule is N#CC(OC(C#N)c1cccc(Oc2ccccc2)c1)c1cccc(Oc2ccccc2)c1. The van der Waals surface area contributed by atoms with E-state index in [0.29, 0.717) is 34.1 Å². The Labute approximate surface area is 192 Å². The molecule has 0 aromatic heterocycles. The van der Waals surface area contributed by atoms with Gasteiger partial charge in [0.15, 0.2) is 12.2 Å². The Morgan fingerprint density at radius 1 is 0.485 bits per heavy atom. The van der Waals surface area contributed by atoms with Crippen LogP contribution in [-0.4, -0.2) is 0 Å². The Balaban J connectivity index is 1.51. The number of rotatable bonds is 8. The van der Waals surface area contributed by atoms with E-state index < -0.39 is 12.2 Å². The molecule has 5 heteroatoms. The van der Waals surface area contributed by atoms with Gasteiger partial charge in [0.25, 0.3) is 0 Å². The lowest BCUT2D eigenvalue weighted by molar-refractivity contribution is 0.0487. The molecule has 4 rings (SSSR count). The molecule has 5 nitrogen and oxygen atoms in total. The van der Waals surface area contributed by atoms with E-state index in [1.807, 2.05) is 60.7 Å². The first kappa shape index (κ1) is 21.6. The molecule has 0 radical (unpaired) electrons. The van der Waals surface area contributed by atoms with Gasteiger partial charge in [-0.25, -0.2) is 0 Å². The van der Waals surface area contributed by atoms with Crippen LogP contribution in [0.4, 0.5) is 0 Å². The largest absolute Gasteiger partial charge is 0.457 e. The van der Waals surface area contributed by atoms with Crippen LogP contribution in [0.1, 0.15) is 23.3 Å². The van der Waals surface area contributed by atoms with Crippen molar-refractivity contribution in [3.05, 3.63) is 120 Å². The third-order valence-electron chi connectivity index (χ3n) is 4.79. The summed E-state index contributed by atoms with van der Waals surface area (Å²) in [5, 5.41) is 19.5. The molecule has 0 amide bonds. The molecule has 0 aliphatic carbocycles. The molecule has 0 aliphatic heterocycles. The smallest absolute Gasteiger partial charge is 0.171 e. The summed E-state index contributed by atoms with van der Waals surface area (Å²) in [5.74, 6) is 2.53. The van der Waals surface area contributed by atoms with Gasteiger partial charge in [-0.05, 0) is 59.7 Å². The number of nitrogens with zero attached hydrogens (tertiary/aromatic N) is 2. The minimum Gasteiger partial charge on any atom is -0.457 e. The molecule has 0 N–H and O–H groups in total. The topological polar surface area (TPSA) is 75.3 Å². The van der Waals surface area contributed by atoms with Crippen molar-refractivity contribution in [2.24, 2.45) is 0 Å². The molecule has 0 bridgehead atoms. The van der Waals surface area contributed by atoms with Gasteiger partial charge in [0, 0.05) is 0 Å². The van der Waals surface area contributed by atoms with Crippen molar-refractivity contribution in [3.63, 3.8) is 0 Å². The molecule has 0 saturated heterocycles. The second-order valence-electron chi connectivity index (χ2n) is 7.13. The van der Waals surface area contributed by atoms with E-state index in [0.717, 1.165) is 0 Å². The van der Waals surface area contributed by atoms with Crippen molar-refractivity contribution in [3.8, 4) is 35.1 Å². The predicted octanol–water partition coefficient (Wildman–Crippen LogP) is 7.12. The molecule has 0 saturated carbocycles. The lowest BCUT2D eigenvalue weighted by Crippen LogP contribution is -2.08. The van der Waals surface area contributed by atoms with Crippen molar-refractivity contribution >= 4 is 0 Å². The van der Waals surface area contributed by atoms with Crippen LogP contribution in [0.5, 0.6) is 23.0 Å².